The van der Waals surface area contributed by atoms with E-state index in [9.17, 15) is 0 Å². The minimum Gasteiger partial charge on any atom is -0.192 e. The number of hydrogen-bond donors (Lipinski definition) is 0. The molecule has 57 heavy (non-hydrogen) atoms. The van der Waals surface area contributed by atoms with Crippen LogP contribution in [0.5, 0.6) is 0 Å². The van der Waals surface area contributed by atoms with Gasteiger partial charge in [0.2, 0.25) is 22.6 Å². The third kappa shape index (κ3) is 3.14. The van der Waals surface area contributed by atoms with E-state index in [0.29, 0.717) is 0 Å². The van der Waals surface area contributed by atoms with Gasteiger partial charge in [-0.1, -0.05) is 31.1 Å². The first kappa shape index (κ1) is 33.6. The first-order valence-electron chi connectivity index (χ1n) is 20.7. The molecule has 0 saturated carbocycles. The van der Waals surface area contributed by atoms with Crippen LogP contribution in [0.2, 0.25) is 0 Å². The van der Waals surface area contributed by atoms with E-state index in [1.807, 2.05) is 0 Å². The summed E-state index contributed by atoms with van der Waals surface area (Å²) in [6.07, 6.45) is 0. The van der Waals surface area contributed by atoms with Gasteiger partial charge in [0.15, 0.2) is 0 Å². The van der Waals surface area contributed by atoms with E-state index in [1.54, 1.807) is 0 Å². The van der Waals surface area contributed by atoms with Crippen molar-refractivity contribution < 1.29 is 9.15 Å². The molecule has 12 rings (SSSR count). The number of aromatic nitrogens is 2. The predicted molar refractivity (Wildman–Crippen MR) is 230 cm³/mol. The fraction of sp³-hybridized carbons (Fsp3) is 0.388. The van der Waals surface area contributed by atoms with E-state index in [4.69, 9.17) is 20.0 Å². The number of hydrogen-bond acceptors (Lipinski definition) is 4. The van der Waals surface area contributed by atoms with Gasteiger partial charge in [-0.2, -0.15) is 13.7 Å². The van der Waals surface area contributed by atoms with Gasteiger partial charge in [-0.3, -0.25) is 0 Å². The Hall–Kier alpha value is -5.50. The first-order chi connectivity index (χ1) is 27.0. The van der Waals surface area contributed by atoms with Gasteiger partial charge < -0.3 is 0 Å². The fourth-order valence-corrected chi connectivity index (χ4v) is 12.3. The molecule has 0 radical (unpaired) electrons. The maximum Gasteiger partial charge on any atom is 0.404 e. The number of benzene rings is 3. The Kier molecular flexibility index (Phi) is 5.77. The second kappa shape index (κ2) is 9.78. The molecule has 3 unspecified atom stereocenters. The Morgan fingerprint density at radius 3 is 1.44 bits per heavy atom. The molecule has 1 aliphatic carbocycles. The Morgan fingerprint density at radius 2 is 0.877 bits per heavy atom. The van der Waals surface area contributed by atoms with Gasteiger partial charge in [-0.25, -0.2) is 0 Å². The summed E-state index contributed by atoms with van der Waals surface area (Å²) in [6.45, 7) is 36.7. The molecule has 0 saturated heterocycles. The SMILES string of the molecule is CC1=C(C)C2C3=Nc4c5c(C)c(C)c(C)c(C)c5c5n4C46n7c(c8c(C)c(C)c(C)c(C)c8c7=NC(=[N+]34)C2C(C)=C1C)=NC1=[N+]6C(=N5)c2c(C)c(C)c(C)c(C)c21. The van der Waals surface area contributed by atoms with Crippen LogP contribution >= 0.6 is 0 Å². The number of aliphatic imine (C=N–C) groups is 2. The molecule has 8 heterocycles. The third-order valence-corrected chi connectivity index (χ3v) is 16.8. The summed E-state index contributed by atoms with van der Waals surface area (Å²) in [5.74, 6) is 5.16. The van der Waals surface area contributed by atoms with Gasteiger partial charge in [-0.15, -0.1) is 4.58 Å². The fourth-order valence-electron chi connectivity index (χ4n) is 12.3. The van der Waals surface area contributed by atoms with Gasteiger partial charge in [0.25, 0.3) is 23.3 Å². The third-order valence-electron chi connectivity index (χ3n) is 16.8. The Balaban J connectivity index is 1.44. The van der Waals surface area contributed by atoms with Crippen LogP contribution in [-0.2, 0) is 5.91 Å². The molecule has 7 aliphatic rings. The maximum absolute atomic E-state index is 5.95. The molecule has 284 valence electrons. The number of nitrogens with zero attached hydrogens (tertiary/aromatic N) is 8. The van der Waals surface area contributed by atoms with Gasteiger partial charge >= 0.3 is 5.91 Å². The molecular formula is C49H50N8+2. The van der Waals surface area contributed by atoms with Gasteiger partial charge in [0.05, 0.1) is 44.5 Å². The summed E-state index contributed by atoms with van der Waals surface area (Å²) in [5, 5.41) is 4.82. The molecule has 3 atom stereocenters. The van der Waals surface area contributed by atoms with Crippen molar-refractivity contribution in [1.82, 2.24) is 9.13 Å². The quantitative estimate of drug-likeness (QED) is 0.142. The average molecular weight is 751 g/mol. The standard InChI is InChI=1S/C49H50N8/c1-17-18(2)26(10)34-33(25(17)9)41-50-43-35-27(11)19(3)20(4)28(12)36(35)45-52-47-39-31(15)23(7)24(8)32(16)40(39)48-53-46-38-30(14)22(6)21(5)29(13)37(38)44-51-42(34)54(41)49(55(43)45,56(44)46)57(47)48/h33-34H,1-16H3/q+2. The molecule has 8 heteroatoms. The maximum atomic E-state index is 5.95. The van der Waals surface area contributed by atoms with E-state index in [0.717, 1.165) is 46.0 Å². The second-order valence-electron chi connectivity index (χ2n) is 18.4. The number of rotatable bonds is 0. The smallest absolute Gasteiger partial charge is 0.192 e. The zero-order chi connectivity index (χ0) is 40.1. The van der Waals surface area contributed by atoms with Crippen molar-refractivity contribution in [2.24, 2.45) is 31.8 Å². The van der Waals surface area contributed by atoms with Crippen molar-refractivity contribution in [3.8, 4) is 0 Å². The second-order valence-corrected chi connectivity index (χ2v) is 18.4. The van der Waals surface area contributed by atoms with Gasteiger partial charge in [0, 0.05) is 0 Å². The summed E-state index contributed by atoms with van der Waals surface area (Å²) < 4.78 is 10.1. The first-order valence-corrected chi connectivity index (χ1v) is 20.7. The zero-order valence-electron chi connectivity index (χ0n) is 36.2. The largest absolute Gasteiger partial charge is 0.404 e. The Labute approximate surface area is 333 Å². The molecule has 0 fully saturated rings. The van der Waals surface area contributed by atoms with E-state index in [2.05, 4.69) is 129 Å². The number of aryl methyl sites for hydroxylation is 4. The summed E-state index contributed by atoms with van der Waals surface area (Å²) in [6, 6.07) is 0. The topological polar surface area (TPSA) is 65.3 Å². The highest BCUT2D eigenvalue weighted by atomic mass is 15.7. The summed E-state index contributed by atoms with van der Waals surface area (Å²) in [4.78, 5) is 23.7. The Morgan fingerprint density at radius 1 is 0.421 bits per heavy atom. The molecule has 3 aromatic carbocycles. The van der Waals surface area contributed by atoms with E-state index >= 15 is 0 Å². The highest BCUT2D eigenvalue weighted by Crippen LogP contribution is 2.57. The van der Waals surface area contributed by atoms with Crippen molar-refractivity contribution in [2.45, 2.75) is 117 Å². The molecule has 0 bridgehead atoms. The summed E-state index contributed by atoms with van der Waals surface area (Å²) in [5.41, 5.74) is 25.4. The van der Waals surface area contributed by atoms with Crippen molar-refractivity contribution in [1.29, 1.82) is 0 Å². The highest BCUT2D eigenvalue weighted by molar-refractivity contribution is 6.20. The van der Waals surface area contributed by atoms with Crippen LogP contribution in [0.25, 0.3) is 21.5 Å². The average Bonchev–Trinajstić information content (AvgIpc) is 3.92. The number of amidine groups is 4. The monoisotopic (exact) mass is 750 g/mol. The minimum absolute atomic E-state index is 0.0469. The summed E-state index contributed by atoms with van der Waals surface area (Å²) >= 11 is 0. The van der Waals surface area contributed by atoms with Crippen molar-refractivity contribution in [2.75, 3.05) is 0 Å². The highest BCUT2D eigenvalue weighted by Gasteiger charge is 2.72. The van der Waals surface area contributed by atoms with Crippen molar-refractivity contribution in [3.63, 3.8) is 0 Å². The number of allylic oxidation sites excluding steroid dienone is 2. The van der Waals surface area contributed by atoms with Crippen LogP contribution < -0.4 is 11.0 Å². The molecule has 1 spiro atoms. The van der Waals surface area contributed by atoms with Crippen LogP contribution in [0.3, 0.4) is 0 Å². The molecule has 0 amide bonds. The van der Waals surface area contributed by atoms with Crippen LogP contribution in [0.1, 0.15) is 106 Å². The lowest BCUT2D eigenvalue weighted by atomic mass is 9.73. The molecule has 0 N–H and O–H groups in total. The lowest BCUT2D eigenvalue weighted by molar-refractivity contribution is -0.791. The number of fused-ring (bicyclic) bond motifs is 12. The Bertz CT molecular complexity index is 3390. The molecule has 2 aromatic heterocycles. The van der Waals surface area contributed by atoms with Crippen molar-refractivity contribution in [3.05, 3.63) is 111 Å². The molecule has 6 aliphatic heterocycles. The molecular weight excluding hydrogens is 701 g/mol. The van der Waals surface area contributed by atoms with Gasteiger partial charge in [-0.05, 0) is 189 Å². The van der Waals surface area contributed by atoms with Crippen LogP contribution in [0.4, 0.5) is 11.6 Å². The predicted octanol–water partition coefficient (Wildman–Crippen LogP) is 8.93. The lowest BCUT2D eigenvalue weighted by Gasteiger charge is -2.41. The van der Waals surface area contributed by atoms with Gasteiger partial charge in [0.1, 0.15) is 0 Å². The van der Waals surface area contributed by atoms with Crippen molar-refractivity contribution >= 4 is 56.5 Å². The van der Waals surface area contributed by atoms with E-state index < -0.39 is 5.91 Å². The summed E-state index contributed by atoms with van der Waals surface area (Å²) in [7, 11) is 0. The molecule has 5 aromatic rings. The normalized spacial score (nSPS) is 23.0. The van der Waals surface area contributed by atoms with E-state index in [-0.39, 0.29) is 11.8 Å². The molecule has 8 nitrogen and oxygen atoms in total. The van der Waals surface area contributed by atoms with Crippen LogP contribution in [-0.4, -0.2) is 41.6 Å². The van der Waals surface area contributed by atoms with E-state index in [1.165, 1.54) is 122 Å². The zero-order valence-corrected chi connectivity index (χ0v) is 36.2. The van der Waals surface area contributed by atoms with Crippen LogP contribution in [0, 0.1) is 94.9 Å². The van der Waals surface area contributed by atoms with Crippen LogP contribution in [0.15, 0.2) is 42.3 Å². The lowest BCUT2D eigenvalue weighted by Crippen LogP contribution is -2.71. The minimum atomic E-state index is -0.990.